The Morgan fingerprint density at radius 3 is 2.43 bits per heavy atom. The molecule has 7 heteroatoms. The van der Waals surface area contributed by atoms with Crippen LogP contribution < -0.4 is 4.74 Å². The molecule has 6 nitrogen and oxygen atoms in total. The van der Waals surface area contributed by atoms with Crippen LogP contribution in [0.3, 0.4) is 0 Å². The summed E-state index contributed by atoms with van der Waals surface area (Å²) in [5.74, 6) is -0.555. The van der Waals surface area contributed by atoms with E-state index in [-0.39, 0.29) is 36.2 Å². The van der Waals surface area contributed by atoms with Gasteiger partial charge in [-0.1, -0.05) is 29.3 Å². The highest BCUT2D eigenvalue weighted by atomic mass is 79.9. The van der Waals surface area contributed by atoms with Gasteiger partial charge < -0.3 is 9.47 Å². The maximum atomic E-state index is 12.5. The fraction of sp³-hybridized carbons (Fsp3) is 0.286. The van der Waals surface area contributed by atoms with Crippen LogP contribution in [-0.4, -0.2) is 42.4 Å². The Hall–Kier alpha value is -2.67. The zero-order chi connectivity index (χ0) is 20.1. The number of unbranched alkanes of at least 4 members (excludes halogenated alkanes) is 1. The quantitative estimate of drug-likeness (QED) is 0.347. The smallest absolute Gasteiger partial charge is 0.338 e. The van der Waals surface area contributed by atoms with Crippen molar-refractivity contribution in [2.45, 2.75) is 19.8 Å². The number of rotatable bonds is 8. The largest absolute Gasteiger partial charge is 0.490 e. The molecule has 1 heterocycles. The zero-order valence-electron chi connectivity index (χ0n) is 15.4. The number of halogens is 1. The average Bonchev–Trinajstić information content (AvgIpc) is 2.94. The second-order valence-electron chi connectivity index (χ2n) is 6.31. The van der Waals surface area contributed by atoms with E-state index < -0.39 is 5.97 Å². The van der Waals surface area contributed by atoms with Crippen molar-refractivity contribution < 1.29 is 23.9 Å². The number of imide groups is 1. The fourth-order valence-electron chi connectivity index (χ4n) is 2.85. The van der Waals surface area contributed by atoms with Gasteiger partial charge in [-0.25, -0.2) is 4.79 Å². The summed E-state index contributed by atoms with van der Waals surface area (Å²) in [7, 11) is 0. The van der Waals surface area contributed by atoms with Crippen LogP contribution in [0.2, 0.25) is 0 Å². The molecule has 0 saturated heterocycles. The number of hydrogen-bond donors (Lipinski definition) is 0. The number of esters is 1. The molecule has 2 aromatic carbocycles. The minimum Gasteiger partial charge on any atom is -0.490 e. The Labute approximate surface area is 171 Å². The molecule has 2 amide bonds. The number of fused-ring (bicyclic) bond motifs is 1. The van der Waals surface area contributed by atoms with Crippen LogP contribution in [0.1, 0.15) is 50.8 Å². The molecule has 2 aromatic rings. The SMILES string of the molecule is CCCCN1C(=O)c2ccc(C(=O)OCCOc3ccc(Br)cc3)cc2C1=O. The van der Waals surface area contributed by atoms with Crippen molar-refractivity contribution in [2.75, 3.05) is 19.8 Å². The maximum absolute atomic E-state index is 12.5. The average molecular weight is 446 g/mol. The van der Waals surface area contributed by atoms with Gasteiger partial charge in [0.2, 0.25) is 0 Å². The molecule has 0 radical (unpaired) electrons. The lowest BCUT2D eigenvalue weighted by Gasteiger charge is -2.12. The van der Waals surface area contributed by atoms with E-state index in [4.69, 9.17) is 9.47 Å². The maximum Gasteiger partial charge on any atom is 0.338 e. The third-order valence-electron chi connectivity index (χ3n) is 4.34. The Bertz CT molecular complexity index is 894. The van der Waals surface area contributed by atoms with Crippen molar-refractivity contribution in [3.8, 4) is 5.75 Å². The number of carbonyl (C=O) groups is 3. The van der Waals surface area contributed by atoms with E-state index in [0.29, 0.717) is 17.9 Å². The summed E-state index contributed by atoms with van der Waals surface area (Å²) < 4.78 is 11.7. The first-order chi connectivity index (χ1) is 13.5. The summed E-state index contributed by atoms with van der Waals surface area (Å²) >= 11 is 3.34. The van der Waals surface area contributed by atoms with Gasteiger partial charge in [0.1, 0.15) is 19.0 Å². The van der Waals surface area contributed by atoms with Gasteiger partial charge in [0.05, 0.1) is 16.7 Å². The molecule has 146 valence electrons. The van der Waals surface area contributed by atoms with Gasteiger partial charge in [-0.15, -0.1) is 0 Å². The molecule has 0 atom stereocenters. The van der Waals surface area contributed by atoms with E-state index in [9.17, 15) is 14.4 Å². The lowest BCUT2D eigenvalue weighted by atomic mass is 10.1. The minimum atomic E-state index is -0.561. The van der Waals surface area contributed by atoms with E-state index >= 15 is 0 Å². The van der Waals surface area contributed by atoms with Gasteiger partial charge >= 0.3 is 5.97 Å². The van der Waals surface area contributed by atoms with E-state index in [1.807, 2.05) is 19.1 Å². The molecule has 1 aliphatic rings. The van der Waals surface area contributed by atoms with Crippen LogP contribution in [0.4, 0.5) is 0 Å². The van der Waals surface area contributed by atoms with Crippen molar-refractivity contribution in [1.29, 1.82) is 0 Å². The predicted octanol–water partition coefficient (Wildman–Crippen LogP) is 4.08. The van der Waals surface area contributed by atoms with Crippen molar-refractivity contribution in [3.63, 3.8) is 0 Å². The molecule has 0 unspecified atom stereocenters. The number of benzene rings is 2. The summed E-state index contributed by atoms with van der Waals surface area (Å²) in [6.07, 6.45) is 1.63. The summed E-state index contributed by atoms with van der Waals surface area (Å²) in [4.78, 5) is 38.3. The normalized spacial score (nSPS) is 12.9. The van der Waals surface area contributed by atoms with Gasteiger partial charge in [0, 0.05) is 11.0 Å². The fourth-order valence-corrected chi connectivity index (χ4v) is 3.11. The predicted molar refractivity (Wildman–Crippen MR) is 107 cm³/mol. The van der Waals surface area contributed by atoms with E-state index in [0.717, 1.165) is 17.3 Å². The van der Waals surface area contributed by atoms with Crippen LogP contribution in [0.5, 0.6) is 5.75 Å². The number of ether oxygens (including phenoxy) is 2. The molecule has 28 heavy (non-hydrogen) atoms. The van der Waals surface area contributed by atoms with Crippen molar-refractivity contribution in [1.82, 2.24) is 4.90 Å². The molecule has 3 rings (SSSR count). The van der Waals surface area contributed by atoms with Crippen LogP contribution >= 0.6 is 15.9 Å². The first kappa shape index (κ1) is 20.1. The summed E-state index contributed by atoms with van der Waals surface area (Å²) in [5, 5.41) is 0. The molecule has 0 spiro atoms. The van der Waals surface area contributed by atoms with E-state index in [2.05, 4.69) is 15.9 Å². The summed E-state index contributed by atoms with van der Waals surface area (Å²) in [6.45, 7) is 2.66. The van der Waals surface area contributed by atoms with Gasteiger partial charge in [-0.2, -0.15) is 0 Å². The van der Waals surface area contributed by atoms with E-state index in [1.165, 1.54) is 23.1 Å². The Balaban J connectivity index is 1.57. The Morgan fingerprint density at radius 1 is 1.00 bits per heavy atom. The van der Waals surface area contributed by atoms with Gasteiger partial charge in [-0.3, -0.25) is 14.5 Å². The van der Waals surface area contributed by atoms with Crippen LogP contribution in [0, 0.1) is 0 Å². The highest BCUT2D eigenvalue weighted by Crippen LogP contribution is 2.24. The third-order valence-corrected chi connectivity index (χ3v) is 4.87. The first-order valence-electron chi connectivity index (χ1n) is 9.07. The van der Waals surface area contributed by atoms with Gasteiger partial charge in [0.25, 0.3) is 11.8 Å². The summed E-state index contributed by atoms with van der Waals surface area (Å²) in [6, 6.07) is 11.8. The number of amides is 2. The van der Waals surface area contributed by atoms with Crippen molar-refractivity contribution >= 4 is 33.7 Å². The lowest BCUT2D eigenvalue weighted by Crippen LogP contribution is -2.30. The molecule has 0 fully saturated rings. The first-order valence-corrected chi connectivity index (χ1v) is 9.86. The van der Waals surface area contributed by atoms with E-state index in [1.54, 1.807) is 12.1 Å². The second-order valence-corrected chi connectivity index (χ2v) is 7.23. The number of carbonyl (C=O) groups excluding carboxylic acids is 3. The standard InChI is InChI=1S/C21H20BrNO5/c1-2-3-10-23-19(24)17-9-4-14(13-18(17)20(23)25)21(26)28-12-11-27-16-7-5-15(22)6-8-16/h4-9,13H,2-3,10-12H2,1H3. The molecule has 0 bridgehead atoms. The molecular formula is C21H20BrNO5. The van der Waals surface area contributed by atoms with Crippen LogP contribution in [-0.2, 0) is 4.74 Å². The van der Waals surface area contributed by atoms with Crippen molar-refractivity contribution in [3.05, 3.63) is 63.6 Å². The Morgan fingerprint density at radius 2 is 1.71 bits per heavy atom. The Kier molecular flexibility index (Phi) is 6.46. The third kappa shape index (κ3) is 4.42. The highest BCUT2D eigenvalue weighted by molar-refractivity contribution is 9.10. The van der Waals surface area contributed by atoms with Crippen LogP contribution in [0.25, 0.3) is 0 Å². The summed E-state index contributed by atoms with van der Waals surface area (Å²) in [5.41, 5.74) is 0.818. The topological polar surface area (TPSA) is 72.9 Å². The van der Waals surface area contributed by atoms with Gasteiger partial charge in [-0.05, 0) is 48.9 Å². The molecule has 1 aliphatic heterocycles. The highest BCUT2D eigenvalue weighted by Gasteiger charge is 2.35. The van der Waals surface area contributed by atoms with Crippen molar-refractivity contribution in [2.24, 2.45) is 0 Å². The molecular weight excluding hydrogens is 426 g/mol. The minimum absolute atomic E-state index is 0.0709. The van der Waals surface area contributed by atoms with Crippen LogP contribution in [0.15, 0.2) is 46.9 Å². The molecule has 0 N–H and O–H groups in total. The molecule has 0 saturated carbocycles. The second kappa shape index (κ2) is 9.01. The molecule has 0 aliphatic carbocycles. The number of hydrogen-bond acceptors (Lipinski definition) is 5. The molecule has 0 aromatic heterocycles. The zero-order valence-corrected chi connectivity index (χ0v) is 17.0. The number of nitrogens with zero attached hydrogens (tertiary/aromatic N) is 1. The lowest BCUT2D eigenvalue weighted by molar-refractivity contribution is 0.0450. The van der Waals surface area contributed by atoms with Gasteiger partial charge in [0.15, 0.2) is 0 Å². The monoisotopic (exact) mass is 445 g/mol.